The van der Waals surface area contributed by atoms with Gasteiger partial charge in [0.15, 0.2) is 11.6 Å². The number of pyridine rings is 1. The van der Waals surface area contributed by atoms with E-state index in [-0.39, 0.29) is 147 Å². The first-order valence-corrected chi connectivity index (χ1v) is 40.1. The first kappa shape index (κ1) is 108. The molecule has 14 aromatic heterocycles. The number of hydrogen-bond donors (Lipinski definition) is 2. The minimum Gasteiger partial charge on any atom is -0.662 e. The molecule has 687 valence electrons. The summed E-state index contributed by atoms with van der Waals surface area (Å²) in [6.45, 7) is 5.70. The van der Waals surface area contributed by atoms with Crippen LogP contribution < -0.4 is 15.1 Å². The number of imidazole rings is 5. The summed E-state index contributed by atoms with van der Waals surface area (Å²) in [6.07, 6.45) is 44.0. The quantitative estimate of drug-likeness (QED) is 0.0547. The Kier molecular flexibility index (Phi) is 45.8. The van der Waals surface area contributed by atoms with Crippen molar-refractivity contribution < 1.29 is 143 Å². The molecule has 0 aliphatic heterocycles. The number of rotatable bonds is 15. The third kappa shape index (κ3) is 32.0. The number of para-hydroxylation sites is 1. The van der Waals surface area contributed by atoms with E-state index in [4.69, 9.17) is 10.2 Å². The Morgan fingerprint density at radius 2 is 0.917 bits per heavy atom. The van der Waals surface area contributed by atoms with Crippen LogP contribution in [0.15, 0.2) is 365 Å². The summed E-state index contributed by atoms with van der Waals surface area (Å²) in [4.78, 5) is 58.2. The van der Waals surface area contributed by atoms with Gasteiger partial charge >= 0.3 is 21.1 Å². The Bertz CT molecular complexity index is 5990. The average molecular weight is 2850 g/mol. The van der Waals surface area contributed by atoms with Crippen LogP contribution in [0.1, 0.15) is 27.7 Å². The molecule has 0 amide bonds. The molecule has 0 aliphatic rings. The minimum atomic E-state index is -0.125. The van der Waals surface area contributed by atoms with E-state index in [9.17, 15) is 9.59 Å². The van der Waals surface area contributed by atoms with Crippen LogP contribution in [0.25, 0.3) is 124 Å². The van der Waals surface area contributed by atoms with Crippen LogP contribution in [0, 0.1) is 24.9 Å². The number of ketones is 2. The van der Waals surface area contributed by atoms with Crippen LogP contribution in [-0.2, 0) is 168 Å². The van der Waals surface area contributed by atoms with Crippen molar-refractivity contribution in [3.63, 3.8) is 0 Å². The average Bonchev–Trinajstić information content (AvgIpc) is 1.72. The summed E-state index contributed by atoms with van der Waals surface area (Å²) in [5, 5.41) is 44.8. The largest absolute Gasteiger partial charge is 2.00 e. The molecule has 0 saturated heterocycles. The molecule has 0 atom stereocenters. The molecule has 6 aromatic carbocycles. The normalized spacial score (nSPS) is 10.2. The summed E-state index contributed by atoms with van der Waals surface area (Å²) in [5.74, 6) is 2.37. The van der Waals surface area contributed by atoms with Crippen molar-refractivity contribution in [3.05, 3.63) is 390 Å². The zero-order chi connectivity index (χ0) is 88.4. The second-order valence-corrected chi connectivity index (χ2v) is 28.4. The van der Waals surface area contributed by atoms with Gasteiger partial charge in [0.05, 0.1) is 47.1 Å². The molecule has 0 aliphatic carbocycles. The number of aliphatic hydroxyl groups is 2. The first-order chi connectivity index (χ1) is 61.4. The maximum Gasteiger partial charge on any atom is 2.00 e. The van der Waals surface area contributed by atoms with Crippen LogP contribution >= 0.6 is 11.3 Å². The van der Waals surface area contributed by atoms with E-state index in [1.165, 1.54) is 51.0 Å². The summed E-state index contributed by atoms with van der Waals surface area (Å²) in [7, 11) is 9.59. The molecular weight excluding hydrogens is 2760 g/mol. The smallest absolute Gasteiger partial charge is 0.662 e. The van der Waals surface area contributed by atoms with Crippen LogP contribution in [0.5, 0.6) is 0 Å². The van der Waals surface area contributed by atoms with Gasteiger partial charge in [0.1, 0.15) is 5.13 Å². The molecular formula is C97H87Ir3N24O4Pt3S-5. The third-order valence-corrected chi connectivity index (χ3v) is 18.4. The number of allylic oxidation sites excluding steroid dienone is 4. The van der Waals surface area contributed by atoms with Gasteiger partial charge in [-0.1, -0.05) is 211 Å². The molecule has 14 heterocycles. The fourth-order valence-electron chi connectivity index (χ4n) is 12.2. The second kappa shape index (κ2) is 56.0. The fraction of sp³-hybridized carbons (Fsp3) is 0.0928. The SMILES string of the molecule is CC(=O)C=C(C)O.CC(=O)C=C(C)O.Cn1ccc(-c2[n-]ccc2-c2ccccc2)n1.Cn1ccc(-n2[c-]cnc2-c2ccccc2)n1.Cn1ccc(-n2[c-]ncc2-c2ccccc2)n1.Cn1cnc(-c2[n-]ccc2-c2ccccc2)c1.Cn1cnc(-c2[n-]ncc2-c2ccccc2)c1.[Ir].[Ir].[Ir].[Pt+2].[Pt].[Pt].[c-]1ccccc1-n1cccn1.[c-]1ncc(-c2cccnc2)n1-c1nccs1. The monoisotopic (exact) mass is 2850 g/mol. The van der Waals surface area contributed by atoms with Gasteiger partial charge in [0, 0.05) is 248 Å². The van der Waals surface area contributed by atoms with Crippen molar-refractivity contribution >= 4 is 22.9 Å². The zero-order valence-electron chi connectivity index (χ0n) is 72.3. The van der Waals surface area contributed by atoms with E-state index >= 15 is 0 Å². The number of carbonyl (C=O) groups is 2. The first-order valence-electron chi connectivity index (χ1n) is 39.2. The number of hydrogen-bond acceptors (Lipinski definition) is 17. The summed E-state index contributed by atoms with van der Waals surface area (Å²) in [6, 6.07) is 77.2. The number of aromatic nitrogens is 24. The van der Waals surface area contributed by atoms with Gasteiger partial charge in [-0.3, -0.25) is 38.3 Å². The number of benzene rings is 6. The second-order valence-electron chi connectivity index (χ2n) is 27.5. The molecule has 28 nitrogen and oxygen atoms in total. The zero-order valence-corrected chi connectivity index (χ0v) is 87.1. The summed E-state index contributed by atoms with van der Waals surface area (Å²) < 4.78 is 16.5. The Morgan fingerprint density at radius 1 is 0.439 bits per heavy atom. The summed E-state index contributed by atoms with van der Waals surface area (Å²) >= 11 is 1.55. The number of aliphatic hydroxyl groups excluding tert-OH is 2. The standard InChI is InChI=1S/2C14H12N3.3C13H11N4.C11H7N4S.C9H7N2.2C5H8O2.3Ir.3Pt/c1-17-10-8-13(16-17)14-12(7-9-15-14)11-5-3-2-4-6-11;1-17-9-13(16-10-17)14-12(7-8-15-14)11-5-3-2-4-6-11;1-17-8-12(14-9-17)13-11(7-15-16-13)10-5-3-2-4-6-10;1-16-9-7-12(15-16)17-10-8-14-13(17)11-5-3-2-4-6-11;1-16-8-7-13(15-16)17-10-14-9-12(17)11-5-3-2-4-6-11;1-2-9(6-12-3-1)10-7-13-8-15(10)11-14-4-5-16-11;1-2-5-9(6-3-1)11-8-4-7-10-11;2*1-4(6)3-5(2)7;;;;;;/h2*2-10H,1H3;3*2-9H,1H3;1-7H;1-5,7-8H;2*3,6H,1-2H3;;;;;;/q7*-1;;;;;;;;+2. The molecule has 132 heavy (non-hydrogen) atoms. The van der Waals surface area contributed by atoms with Crippen molar-refractivity contribution in [2.24, 2.45) is 35.2 Å². The number of carbonyl (C=O) groups excluding carboxylic acids is 2. The molecule has 3 radical (unpaired) electrons. The van der Waals surface area contributed by atoms with Crippen molar-refractivity contribution in [2.45, 2.75) is 27.7 Å². The van der Waals surface area contributed by atoms with Gasteiger partial charge in [-0.2, -0.15) is 58.2 Å². The number of thiazole rings is 1. The molecule has 0 fully saturated rings. The van der Waals surface area contributed by atoms with E-state index in [0.29, 0.717) is 0 Å². The minimum absolute atomic E-state index is 0. The van der Waals surface area contributed by atoms with Crippen LogP contribution in [0.2, 0.25) is 0 Å². The van der Waals surface area contributed by atoms with Crippen LogP contribution in [0.4, 0.5) is 0 Å². The van der Waals surface area contributed by atoms with Gasteiger partial charge in [-0.05, 0) is 114 Å². The predicted molar refractivity (Wildman–Crippen MR) is 487 cm³/mol. The van der Waals surface area contributed by atoms with Gasteiger partial charge in [-0.15, -0.1) is 17.5 Å². The molecule has 0 bridgehead atoms. The van der Waals surface area contributed by atoms with E-state index in [0.717, 1.165) is 113 Å². The number of aryl methyl sites for hydroxylation is 5. The molecule has 20 aromatic rings. The molecule has 20 rings (SSSR count). The van der Waals surface area contributed by atoms with E-state index < -0.39 is 0 Å². The van der Waals surface area contributed by atoms with E-state index in [1.54, 1.807) is 92.3 Å². The van der Waals surface area contributed by atoms with E-state index in [1.807, 2.05) is 313 Å². The summed E-state index contributed by atoms with van der Waals surface area (Å²) in [5.41, 5.74) is 18.2. The van der Waals surface area contributed by atoms with Crippen molar-refractivity contribution in [3.8, 4) is 124 Å². The van der Waals surface area contributed by atoms with Crippen LogP contribution in [-0.4, -0.2) is 124 Å². The van der Waals surface area contributed by atoms with Gasteiger partial charge in [-0.25, -0.2) is 20.2 Å². The Hall–Kier alpha value is -12.8. The van der Waals surface area contributed by atoms with Crippen molar-refractivity contribution in [2.75, 3.05) is 0 Å². The van der Waals surface area contributed by atoms with Gasteiger partial charge in [0.25, 0.3) is 0 Å². The van der Waals surface area contributed by atoms with Crippen molar-refractivity contribution in [1.29, 1.82) is 0 Å². The third-order valence-electron chi connectivity index (χ3n) is 17.7. The molecule has 35 heteroatoms. The maximum atomic E-state index is 10.0. The van der Waals surface area contributed by atoms with Crippen molar-refractivity contribution in [1.82, 2.24) is 117 Å². The van der Waals surface area contributed by atoms with Gasteiger partial charge < -0.3 is 68.2 Å². The van der Waals surface area contributed by atoms with Crippen LogP contribution in [0.3, 0.4) is 0 Å². The Balaban J connectivity index is 0.000000230. The predicted octanol–water partition coefficient (Wildman–Crippen LogP) is 17.6. The topological polar surface area (TPSA) is 316 Å². The molecule has 0 saturated carbocycles. The van der Waals surface area contributed by atoms with E-state index in [2.05, 4.69) is 125 Å². The fourth-order valence-corrected chi connectivity index (χ4v) is 12.8. The Labute approximate surface area is 852 Å². The van der Waals surface area contributed by atoms with Gasteiger partial charge in [0.2, 0.25) is 0 Å². The molecule has 0 unspecified atom stereocenters. The Morgan fingerprint density at radius 3 is 1.36 bits per heavy atom. The molecule has 2 N–H and O–H groups in total. The maximum absolute atomic E-state index is 10.0. The number of nitrogens with zero attached hydrogens (tertiary/aromatic N) is 24. The molecule has 0 spiro atoms.